The van der Waals surface area contributed by atoms with Crippen LogP contribution in [0.25, 0.3) is 0 Å². The van der Waals surface area contributed by atoms with Gasteiger partial charge >= 0.3 is 0 Å². The fourth-order valence-electron chi connectivity index (χ4n) is 2.95. The van der Waals surface area contributed by atoms with Gasteiger partial charge in [0.25, 0.3) is 0 Å². The van der Waals surface area contributed by atoms with Crippen LogP contribution in [0, 0.1) is 6.92 Å². The van der Waals surface area contributed by atoms with Crippen LogP contribution in [0.1, 0.15) is 34.8 Å². The monoisotopic (exact) mass is 299 g/mol. The predicted molar refractivity (Wildman–Crippen MR) is 88.0 cm³/mol. The zero-order chi connectivity index (χ0) is 15.0. The van der Waals surface area contributed by atoms with E-state index >= 15 is 0 Å². The van der Waals surface area contributed by atoms with Crippen molar-refractivity contribution in [3.63, 3.8) is 0 Å². The third kappa shape index (κ3) is 2.68. The first-order valence-electron chi connectivity index (χ1n) is 7.24. The lowest BCUT2D eigenvalue weighted by Gasteiger charge is -2.32. The molecule has 108 valence electrons. The SMILES string of the molecule is CC(=O)c1ccc(N2CCCc3cc(C)ccc32)cc1Cl. The first-order chi connectivity index (χ1) is 10.1. The molecule has 1 aliphatic rings. The molecule has 0 saturated carbocycles. The summed E-state index contributed by atoms with van der Waals surface area (Å²) >= 11 is 6.25. The van der Waals surface area contributed by atoms with Crippen molar-refractivity contribution in [3.05, 3.63) is 58.1 Å². The minimum Gasteiger partial charge on any atom is -0.341 e. The van der Waals surface area contributed by atoms with E-state index < -0.39 is 0 Å². The molecule has 1 aliphatic heterocycles. The molecule has 0 fully saturated rings. The first kappa shape index (κ1) is 14.2. The van der Waals surface area contributed by atoms with Crippen molar-refractivity contribution in [3.8, 4) is 0 Å². The number of anilines is 2. The molecule has 0 aliphatic carbocycles. The summed E-state index contributed by atoms with van der Waals surface area (Å²) in [7, 11) is 0. The van der Waals surface area contributed by atoms with Gasteiger partial charge in [0.1, 0.15) is 0 Å². The van der Waals surface area contributed by atoms with Crippen molar-refractivity contribution in [2.75, 3.05) is 11.4 Å². The summed E-state index contributed by atoms with van der Waals surface area (Å²) in [6.07, 6.45) is 2.25. The Morgan fingerprint density at radius 3 is 2.71 bits per heavy atom. The van der Waals surface area contributed by atoms with E-state index in [-0.39, 0.29) is 5.78 Å². The fourth-order valence-corrected chi connectivity index (χ4v) is 3.26. The minimum absolute atomic E-state index is 0.00113. The number of rotatable bonds is 2. The maximum atomic E-state index is 11.5. The molecular weight excluding hydrogens is 282 g/mol. The molecule has 0 bridgehead atoms. The van der Waals surface area contributed by atoms with Crippen LogP contribution in [-0.2, 0) is 6.42 Å². The largest absolute Gasteiger partial charge is 0.341 e. The molecule has 2 aromatic carbocycles. The molecule has 0 atom stereocenters. The second-order valence-electron chi connectivity index (χ2n) is 5.61. The highest BCUT2D eigenvalue weighted by Crippen LogP contribution is 2.35. The molecule has 0 radical (unpaired) electrons. The van der Waals surface area contributed by atoms with Crippen LogP contribution in [0.3, 0.4) is 0 Å². The normalized spacial score (nSPS) is 14.0. The molecule has 0 unspecified atom stereocenters. The number of benzene rings is 2. The summed E-state index contributed by atoms with van der Waals surface area (Å²) in [6.45, 7) is 4.64. The average Bonchev–Trinajstić information content (AvgIpc) is 2.45. The average molecular weight is 300 g/mol. The van der Waals surface area contributed by atoms with Crippen LogP contribution < -0.4 is 4.90 Å². The van der Waals surface area contributed by atoms with Crippen molar-refractivity contribution in [2.45, 2.75) is 26.7 Å². The van der Waals surface area contributed by atoms with Gasteiger partial charge in [-0.15, -0.1) is 0 Å². The number of fused-ring (bicyclic) bond motifs is 1. The minimum atomic E-state index is 0.00113. The summed E-state index contributed by atoms with van der Waals surface area (Å²) in [5.41, 5.74) is 5.56. The molecule has 3 heteroatoms. The van der Waals surface area contributed by atoms with E-state index in [1.165, 1.54) is 16.8 Å². The Morgan fingerprint density at radius 1 is 1.19 bits per heavy atom. The molecule has 0 spiro atoms. The summed E-state index contributed by atoms with van der Waals surface area (Å²) < 4.78 is 0. The van der Waals surface area contributed by atoms with Gasteiger partial charge in [0.2, 0.25) is 0 Å². The fraction of sp³-hybridized carbons (Fsp3) is 0.278. The second-order valence-corrected chi connectivity index (χ2v) is 6.01. The Labute approximate surface area is 130 Å². The first-order valence-corrected chi connectivity index (χ1v) is 7.61. The molecule has 2 aromatic rings. The van der Waals surface area contributed by atoms with Crippen LogP contribution in [-0.4, -0.2) is 12.3 Å². The number of Topliss-reactive ketones (excluding diaryl/α,β-unsaturated/α-hetero) is 1. The number of nitrogens with zero attached hydrogens (tertiary/aromatic N) is 1. The molecule has 1 heterocycles. The van der Waals surface area contributed by atoms with Gasteiger partial charge in [-0.25, -0.2) is 0 Å². The Hall–Kier alpha value is -1.80. The molecule has 0 N–H and O–H groups in total. The van der Waals surface area contributed by atoms with Crippen molar-refractivity contribution in [1.82, 2.24) is 0 Å². The topological polar surface area (TPSA) is 20.3 Å². The van der Waals surface area contributed by atoms with E-state index in [0.717, 1.165) is 25.1 Å². The van der Waals surface area contributed by atoms with Gasteiger partial charge in [-0.3, -0.25) is 4.79 Å². The van der Waals surface area contributed by atoms with Crippen molar-refractivity contribution >= 4 is 28.8 Å². The maximum Gasteiger partial charge on any atom is 0.161 e. The molecule has 0 amide bonds. The smallest absolute Gasteiger partial charge is 0.161 e. The number of hydrogen-bond acceptors (Lipinski definition) is 2. The summed E-state index contributed by atoms with van der Waals surface area (Å²) in [6, 6.07) is 12.3. The molecule has 21 heavy (non-hydrogen) atoms. The summed E-state index contributed by atoms with van der Waals surface area (Å²) in [5.74, 6) is 0.00113. The number of halogens is 1. The van der Waals surface area contributed by atoms with Crippen molar-refractivity contribution in [1.29, 1.82) is 0 Å². The van der Waals surface area contributed by atoms with Gasteiger partial charge in [0.15, 0.2) is 5.78 Å². The van der Waals surface area contributed by atoms with Crippen LogP contribution in [0.4, 0.5) is 11.4 Å². The van der Waals surface area contributed by atoms with E-state index in [2.05, 4.69) is 30.0 Å². The molecular formula is C18H18ClNO. The van der Waals surface area contributed by atoms with Gasteiger partial charge < -0.3 is 4.90 Å². The second kappa shape index (κ2) is 5.53. The Balaban J connectivity index is 2.03. The lowest BCUT2D eigenvalue weighted by atomic mass is 9.98. The maximum absolute atomic E-state index is 11.5. The lowest BCUT2D eigenvalue weighted by molar-refractivity contribution is 0.101. The molecule has 0 saturated heterocycles. The zero-order valence-electron chi connectivity index (χ0n) is 12.3. The highest BCUT2D eigenvalue weighted by molar-refractivity contribution is 6.34. The predicted octanol–water partition coefficient (Wildman–Crippen LogP) is 4.94. The summed E-state index contributed by atoms with van der Waals surface area (Å²) in [5, 5.41) is 0.527. The van der Waals surface area contributed by atoms with E-state index in [4.69, 9.17) is 11.6 Å². The molecule has 2 nitrogen and oxygen atoms in total. The van der Waals surface area contributed by atoms with Gasteiger partial charge in [-0.2, -0.15) is 0 Å². The van der Waals surface area contributed by atoms with Crippen LogP contribution in [0.5, 0.6) is 0 Å². The van der Waals surface area contributed by atoms with Gasteiger partial charge in [-0.1, -0.05) is 29.3 Å². The number of carbonyl (C=O) groups is 1. The lowest BCUT2D eigenvalue weighted by Crippen LogP contribution is -2.24. The molecule has 3 rings (SSSR count). The number of hydrogen-bond donors (Lipinski definition) is 0. The van der Waals surface area contributed by atoms with E-state index in [0.29, 0.717) is 10.6 Å². The van der Waals surface area contributed by atoms with Crippen LogP contribution in [0.2, 0.25) is 5.02 Å². The standard InChI is InChI=1S/C18H18ClNO/c1-12-5-8-18-14(10-12)4-3-9-20(18)15-6-7-16(13(2)21)17(19)11-15/h5-8,10-11H,3-4,9H2,1-2H3. The van der Waals surface area contributed by atoms with Crippen molar-refractivity contribution in [2.24, 2.45) is 0 Å². The number of carbonyl (C=O) groups excluding carboxylic acids is 1. The third-order valence-electron chi connectivity index (χ3n) is 4.00. The number of ketones is 1. The quantitative estimate of drug-likeness (QED) is 0.732. The Bertz CT molecular complexity index is 708. The van der Waals surface area contributed by atoms with Gasteiger partial charge in [-0.05, 0) is 56.5 Å². The third-order valence-corrected chi connectivity index (χ3v) is 4.31. The highest BCUT2D eigenvalue weighted by atomic mass is 35.5. The Morgan fingerprint density at radius 2 is 2.00 bits per heavy atom. The number of aryl methyl sites for hydroxylation is 2. The van der Waals surface area contributed by atoms with E-state index in [1.54, 1.807) is 6.92 Å². The molecule has 0 aromatic heterocycles. The van der Waals surface area contributed by atoms with Gasteiger partial charge in [0, 0.05) is 23.5 Å². The van der Waals surface area contributed by atoms with Crippen LogP contribution >= 0.6 is 11.6 Å². The van der Waals surface area contributed by atoms with Gasteiger partial charge in [0.05, 0.1) is 5.02 Å². The Kier molecular flexibility index (Phi) is 3.73. The van der Waals surface area contributed by atoms with Crippen LogP contribution in [0.15, 0.2) is 36.4 Å². The van der Waals surface area contributed by atoms with Crippen molar-refractivity contribution < 1.29 is 4.79 Å². The zero-order valence-corrected chi connectivity index (χ0v) is 13.1. The van der Waals surface area contributed by atoms with E-state index in [1.807, 2.05) is 18.2 Å². The van der Waals surface area contributed by atoms with E-state index in [9.17, 15) is 4.79 Å². The highest BCUT2D eigenvalue weighted by Gasteiger charge is 2.19. The summed E-state index contributed by atoms with van der Waals surface area (Å²) in [4.78, 5) is 13.8.